The Morgan fingerprint density at radius 1 is 1.05 bits per heavy atom. The molecule has 0 aliphatic carbocycles. The average molecular weight is 272 g/mol. The van der Waals surface area contributed by atoms with E-state index in [1.807, 2.05) is 12.1 Å². The van der Waals surface area contributed by atoms with Crippen molar-refractivity contribution in [1.29, 1.82) is 5.26 Å². The van der Waals surface area contributed by atoms with Crippen molar-refractivity contribution >= 4 is 5.84 Å². The maximum Gasteiger partial charge on any atom is 0.168 e. The maximum absolute atomic E-state index is 8.23. The van der Waals surface area contributed by atoms with Crippen LogP contribution >= 0.6 is 0 Å². The van der Waals surface area contributed by atoms with Crippen LogP contribution in [0, 0.1) is 11.3 Å². The quantitative estimate of drug-likeness (QED) is 0.233. The summed E-state index contributed by atoms with van der Waals surface area (Å²) in [5.74, 6) is 13.2. The maximum atomic E-state index is 8.23. The van der Waals surface area contributed by atoms with Crippen LogP contribution in [0.25, 0.3) is 0 Å². The summed E-state index contributed by atoms with van der Waals surface area (Å²) < 4.78 is 0. The third-order valence-electron chi connectivity index (χ3n) is 1.85. The lowest BCUT2D eigenvalue weighted by molar-refractivity contribution is 1.19. The fraction of sp³-hybridized carbons (Fsp3) is 0. The molecule has 0 saturated heterocycles. The van der Waals surface area contributed by atoms with Gasteiger partial charge in [-0.1, -0.05) is 12.1 Å². The summed E-state index contributed by atoms with van der Waals surface area (Å²) in [5, 5.41) is 11.5. The fourth-order valence-electron chi connectivity index (χ4n) is 1.01. The van der Waals surface area contributed by atoms with Crippen molar-refractivity contribution in [1.82, 2.24) is 9.97 Å². The number of aromatic nitrogens is 2. The van der Waals surface area contributed by atoms with Crippen LogP contribution in [0.1, 0.15) is 11.4 Å². The van der Waals surface area contributed by atoms with Crippen LogP contribution in [-0.2, 0) is 0 Å². The van der Waals surface area contributed by atoms with E-state index in [0.29, 0.717) is 11.4 Å². The third-order valence-corrected chi connectivity index (χ3v) is 1.85. The lowest BCUT2D eigenvalue weighted by Crippen LogP contribution is -2.16. The second kappa shape index (κ2) is 11.1. The minimum absolute atomic E-state index is 0.251. The largest absolute Gasteiger partial charge is 0.380 e. The van der Waals surface area contributed by atoms with Crippen LogP contribution in [0.4, 0.5) is 0 Å². The highest BCUT2D eigenvalue weighted by Gasteiger charge is 1.94. The normalized spacial score (nSPS) is 9.15. The van der Waals surface area contributed by atoms with Crippen LogP contribution in [-0.4, -0.2) is 15.8 Å². The molecule has 0 aliphatic heterocycles. The summed E-state index contributed by atoms with van der Waals surface area (Å²) in [6, 6.07) is 12.5. The van der Waals surface area contributed by atoms with Crippen molar-refractivity contribution < 1.29 is 0 Å². The Labute approximate surface area is 116 Å². The number of nitrogens with two attached hydrogens (primary N) is 4. The number of nitrogens with zero attached hydrogens (tertiary/aromatic N) is 4. The van der Waals surface area contributed by atoms with E-state index < -0.39 is 0 Å². The van der Waals surface area contributed by atoms with E-state index in [1.54, 1.807) is 42.7 Å². The Balaban J connectivity index is 0.000000327. The Kier molecular flexibility index (Phi) is 9.42. The standard InChI is InChI=1S/C6H8N4.C6H4N2.H4N2/c7-6(10-8)5-3-1-2-4-9-5;7-5-6-3-1-2-4-8-6;1-2/h1-4H,8H2,(H2,7,10);1-4H;1-2H2. The molecule has 2 aromatic heterocycles. The Hall–Kier alpha value is -3.02. The van der Waals surface area contributed by atoms with Crippen molar-refractivity contribution in [3.63, 3.8) is 0 Å². The summed E-state index contributed by atoms with van der Waals surface area (Å²) in [7, 11) is 0. The second-order valence-electron chi connectivity index (χ2n) is 3.06. The molecule has 2 aromatic rings. The molecule has 0 radical (unpaired) electrons. The number of hydrazone groups is 1. The van der Waals surface area contributed by atoms with Crippen LogP contribution in [0.3, 0.4) is 0 Å². The van der Waals surface area contributed by atoms with E-state index >= 15 is 0 Å². The zero-order valence-corrected chi connectivity index (χ0v) is 10.7. The number of rotatable bonds is 1. The van der Waals surface area contributed by atoms with Crippen molar-refractivity contribution in [3.05, 3.63) is 60.2 Å². The van der Waals surface area contributed by atoms with Gasteiger partial charge in [-0.2, -0.15) is 10.4 Å². The Morgan fingerprint density at radius 3 is 2.00 bits per heavy atom. The molecule has 0 unspecified atom stereocenters. The van der Waals surface area contributed by atoms with Crippen molar-refractivity contribution in [3.8, 4) is 6.07 Å². The van der Waals surface area contributed by atoms with Gasteiger partial charge in [-0.3, -0.25) is 16.7 Å². The van der Waals surface area contributed by atoms with E-state index in [9.17, 15) is 0 Å². The van der Waals surface area contributed by atoms with Gasteiger partial charge in [-0.25, -0.2) is 4.98 Å². The predicted molar refractivity (Wildman–Crippen MR) is 76.5 cm³/mol. The summed E-state index contributed by atoms with van der Waals surface area (Å²) in [6.07, 6.45) is 3.23. The summed E-state index contributed by atoms with van der Waals surface area (Å²) in [4.78, 5) is 7.65. The van der Waals surface area contributed by atoms with Gasteiger partial charge in [-0.05, 0) is 24.3 Å². The van der Waals surface area contributed by atoms with E-state index in [1.165, 1.54) is 0 Å². The minimum Gasteiger partial charge on any atom is -0.380 e. The molecule has 20 heavy (non-hydrogen) atoms. The van der Waals surface area contributed by atoms with E-state index in [-0.39, 0.29) is 5.84 Å². The zero-order valence-electron chi connectivity index (χ0n) is 10.7. The van der Waals surface area contributed by atoms with Gasteiger partial charge < -0.3 is 11.6 Å². The number of amidine groups is 1. The molecule has 8 N–H and O–H groups in total. The first-order valence-corrected chi connectivity index (χ1v) is 5.37. The van der Waals surface area contributed by atoms with Crippen LogP contribution in [0.2, 0.25) is 0 Å². The molecular weight excluding hydrogens is 256 g/mol. The van der Waals surface area contributed by atoms with E-state index in [2.05, 4.69) is 26.8 Å². The Morgan fingerprint density at radius 2 is 1.65 bits per heavy atom. The molecule has 0 aliphatic rings. The molecule has 0 bridgehead atoms. The molecule has 104 valence electrons. The molecule has 0 aromatic carbocycles. The zero-order chi connectivity index (χ0) is 15.2. The van der Waals surface area contributed by atoms with Gasteiger partial charge in [0.1, 0.15) is 17.5 Å². The van der Waals surface area contributed by atoms with Gasteiger partial charge in [0.25, 0.3) is 0 Å². The Bertz CT molecular complexity index is 532. The first kappa shape index (κ1) is 17.0. The number of hydrogen-bond acceptors (Lipinski definition) is 7. The third kappa shape index (κ3) is 6.65. The van der Waals surface area contributed by atoms with Gasteiger partial charge >= 0.3 is 0 Å². The highest BCUT2D eigenvalue weighted by Crippen LogP contribution is 1.90. The van der Waals surface area contributed by atoms with E-state index in [4.69, 9.17) is 16.8 Å². The molecule has 8 heteroatoms. The number of hydrogen-bond donors (Lipinski definition) is 4. The highest BCUT2D eigenvalue weighted by molar-refractivity contribution is 5.95. The minimum atomic E-state index is 0.251. The second-order valence-corrected chi connectivity index (χ2v) is 3.06. The average Bonchev–Trinajstić information content (AvgIpc) is 2.58. The topological polar surface area (TPSA) is 166 Å². The first-order valence-electron chi connectivity index (χ1n) is 5.37. The summed E-state index contributed by atoms with van der Waals surface area (Å²) in [5.41, 5.74) is 6.42. The fourth-order valence-corrected chi connectivity index (χ4v) is 1.01. The van der Waals surface area contributed by atoms with Crippen LogP contribution < -0.4 is 23.3 Å². The van der Waals surface area contributed by atoms with Gasteiger partial charge in [0.05, 0.1) is 0 Å². The van der Waals surface area contributed by atoms with Gasteiger partial charge in [-0.15, -0.1) is 0 Å². The first-order chi connectivity index (χ1) is 9.77. The van der Waals surface area contributed by atoms with Crippen LogP contribution in [0.15, 0.2) is 53.9 Å². The molecule has 0 spiro atoms. The molecule has 2 heterocycles. The lowest BCUT2D eigenvalue weighted by atomic mass is 10.3. The van der Waals surface area contributed by atoms with E-state index in [0.717, 1.165) is 0 Å². The highest BCUT2D eigenvalue weighted by atomic mass is 15.2. The van der Waals surface area contributed by atoms with Crippen molar-refractivity contribution in [2.75, 3.05) is 0 Å². The molecular formula is C12H16N8. The van der Waals surface area contributed by atoms with Crippen molar-refractivity contribution in [2.45, 2.75) is 0 Å². The predicted octanol–water partition coefficient (Wildman–Crippen LogP) is -0.567. The lowest BCUT2D eigenvalue weighted by Gasteiger charge is -1.94. The number of hydrazine groups is 1. The summed E-state index contributed by atoms with van der Waals surface area (Å²) in [6.45, 7) is 0. The van der Waals surface area contributed by atoms with Crippen LogP contribution in [0.5, 0.6) is 0 Å². The molecule has 2 rings (SSSR count). The van der Waals surface area contributed by atoms with Gasteiger partial charge in [0.2, 0.25) is 0 Å². The number of nitriles is 1. The van der Waals surface area contributed by atoms with Gasteiger partial charge in [0.15, 0.2) is 5.84 Å². The van der Waals surface area contributed by atoms with Crippen molar-refractivity contribution in [2.24, 2.45) is 28.4 Å². The van der Waals surface area contributed by atoms with Gasteiger partial charge in [0, 0.05) is 12.4 Å². The smallest absolute Gasteiger partial charge is 0.168 e. The number of pyridine rings is 2. The SMILES string of the molecule is N#Cc1ccccn1.NN.NN=C(N)c1ccccn1. The molecule has 0 saturated carbocycles. The molecule has 0 amide bonds. The molecule has 8 nitrogen and oxygen atoms in total. The summed E-state index contributed by atoms with van der Waals surface area (Å²) >= 11 is 0. The monoisotopic (exact) mass is 272 g/mol. The molecule has 0 atom stereocenters. The molecule has 0 fully saturated rings.